The van der Waals surface area contributed by atoms with Crippen LogP contribution in [-0.4, -0.2) is 34.7 Å². The van der Waals surface area contributed by atoms with Gasteiger partial charge in [-0.25, -0.2) is 9.18 Å². The van der Waals surface area contributed by atoms with Crippen molar-refractivity contribution in [1.82, 2.24) is 9.88 Å². The zero-order valence-electron chi connectivity index (χ0n) is 12.7. The lowest BCUT2D eigenvalue weighted by atomic mass is 10.1. The first-order valence-electron chi connectivity index (χ1n) is 6.67. The van der Waals surface area contributed by atoms with Crippen molar-refractivity contribution in [3.8, 4) is 5.75 Å². The highest BCUT2D eigenvalue weighted by atomic mass is 19.1. The van der Waals surface area contributed by atoms with Gasteiger partial charge in [-0.05, 0) is 25.1 Å². The third kappa shape index (κ3) is 2.87. The maximum Gasteiger partial charge on any atom is 0.328 e. The minimum Gasteiger partial charge on any atom is -0.506 e. The van der Waals surface area contributed by atoms with Gasteiger partial charge in [0, 0.05) is 12.4 Å². The monoisotopic (exact) mass is 322 g/mol. The lowest BCUT2D eigenvalue weighted by Gasteiger charge is -2.14. The van der Waals surface area contributed by atoms with Crippen molar-refractivity contribution in [3.05, 3.63) is 39.9 Å². The average molecular weight is 322 g/mol. The van der Waals surface area contributed by atoms with E-state index in [-0.39, 0.29) is 10.9 Å². The van der Waals surface area contributed by atoms with Crippen molar-refractivity contribution in [2.75, 3.05) is 7.11 Å². The summed E-state index contributed by atoms with van der Waals surface area (Å²) >= 11 is 0. The highest BCUT2D eigenvalue weighted by Gasteiger charge is 2.24. The van der Waals surface area contributed by atoms with Gasteiger partial charge in [-0.15, -0.1) is 0 Å². The molecule has 1 amide bonds. The van der Waals surface area contributed by atoms with Crippen molar-refractivity contribution in [2.45, 2.75) is 13.0 Å². The van der Waals surface area contributed by atoms with Crippen molar-refractivity contribution in [1.29, 1.82) is 0 Å². The van der Waals surface area contributed by atoms with E-state index < -0.39 is 40.6 Å². The van der Waals surface area contributed by atoms with Crippen molar-refractivity contribution < 1.29 is 23.8 Å². The SMILES string of the molecule is COC(=O)[C@H](C)NC(=O)c1c(O)c2cc(F)ccc2n(C)c1=O. The number of aryl methyl sites for hydroxylation is 1. The summed E-state index contributed by atoms with van der Waals surface area (Å²) in [5.41, 5.74) is -1.07. The predicted octanol–water partition coefficient (Wildman–Crippen LogP) is 0.674. The van der Waals surface area contributed by atoms with Gasteiger partial charge in [0.15, 0.2) is 0 Å². The summed E-state index contributed by atoms with van der Waals surface area (Å²) in [6.45, 7) is 1.37. The van der Waals surface area contributed by atoms with Gasteiger partial charge >= 0.3 is 5.97 Å². The Kier molecular flexibility index (Phi) is 4.35. The lowest BCUT2D eigenvalue weighted by Crippen LogP contribution is -2.41. The van der Waals surface area contributed by atoms with Crippen LogP contribution in [0.25, 0.3) is 10.9 Å². The molecule has 1 atom stereocenters. The molecule has 1 aromatic carbocycles. The Morgan fingerprint density at radius 2 is 2.04 bits per heavy atom. The number of hydrogen-bond donors (Lipinski definition) is 2. The molecular formula is C15H15FN2O5. The summed E-state index contributed by atoms with van der Waals surface area (Å²) in [6, 6.07) is 2.47. The van der Waals surface area contributed by atoms with Crippen molar-refractivity contribution in [3.63, 3.8) is 0 Å². The second-order valence-electron chi connectivity index (χ2n) is 4.97. The van der Waals surface area contributed by atoms with Crippen LogP contribution >= 0.6 is 0 Å². The molecule has 7 nitrogen and oxygen atoms in total. The van der Waals surface area contributed by atoms with Crippen molar-refractivity contribution in [2.24, 2.45) is 7.05 Å². The third-order valence-electron chi connectivity index (χ3n) is 3.46. The molecule has 8 heteroatoms. The third-order valence-corrected chi connectivity index (χ3v) is 3.46. The summed E-state index contributed by atoms with van der Waals surface area (Å²) in [7, 11) is 2.54. The number of methoxy groups -OCH3 is 1. The predicted molar refractivity (Wildman–Crippen MR) is 79.8 cm³/mol. The van der Waals surface area contributed by atoms with Crippen LogP contribution < -0.4 is 10.9 Å². The summed E-state index contributed by atoms with van der Waals surface area (Å²) in [5.74, 6) is -2.92. The number of ether oxygens (including phenoxy) is 1. The van der Waals surface area contributed by atoms with Crippen LogP contribution in [0.5, 0.6) is 5.75 Å². The van der Waals surface area contributed by atoms with E-state index in [1.165, 1.54) is 20.0 Å². The Balaban J connectivity index is 2.59. The van der Waals surface area contributed by atoms with E-state index in [2.05, 4.69) is 10.1 Å². The van der Waals surface area contributed by atoms with Crippen LogP contribution in [0.15, 0.2) is 23.0 Å². The van der Waals surface area contributed by atoms with E-state index in [0.29, 0.717) is 0 Å². The number of aromatic nitrogens is 1. The van der Waals surface area contributed by atoms with Crippen molar-refractivity contribution >= 4 is 22.8 Å². The summed E-state index contributed by atoms with van der Waals surface area (Å²) in [4.78, 5) is 35.8. The number of carbonyl (C=O) groups is 2. The van der Waals surface area contributed by atoms with Crippen LogP contribution in [0.4, 0.5) is 4.39 Å². The number of fused-ring (bicyclic) bond motifs is 1. The molecule has 0 bridgehead atoms. The van der Waals surface area contributed by atoms with Crippen LogP contribution in [0.1, 0.15) is 17.3 Å². The number of aromatic hydroxyl groups is 1. The minimum absolute atomic E-state index is 0.0166. The standard InChI is InChI=1S/C15H15FN2O5/c1-7(15(22)23-3)17-13(20)11-12(19)9-6-8(16)4-5-10(9)18(2)14(11)21/h4-7,19H,1-3H3,(H,17,20)/t7-/m0/s1. The van der Waals surface area contributed by atoms with Crippen LogP contribution in [0, 0.1) is 5.82 Å². The van der Waals surface area contributed by atoms with E-state index >= 15 is 0 Å². The van der Waals surface area contributed by atoms with Gasteiger partial charge in [-0.3, -0.25) is 9.59 Å². The molecule has 23 heavy (non-hydrogen) atoms. The fourth-order valence-electron chi connectivity index (χ4n) is 2.21. The molecule has 0 unspecified atom stereocenters. The zero-order valence-corrected chi connectivity index (χ0v) is 12.7. The quantitative estimate of drug-likeness (QED) is 0.810. The van der Waals surface area contributed by atoms with Gasteiger partial charge in [-0.1, -0.05) is 0 Å². The number of rotatable bonds is 3. The molecule has 2 N–H and O–H groups in total. The number of pyridine rings is 1. The molecule has 0 radical (unpaired) electrons. The van der Waals surface area contributed by atoms with Gasteiger partial charge in [0.05, 0.1) is 12.6 Å². The number of halogens is 1. The smallest absolute Gasteiger partial charge is 0.328 e. The van der Waals surface area contributed by atoms with Gasteiger partial charge in [-0.2, -0.15) is 0 Å². The molecule has 0 aliphatic heterocycles. The Labute approximate surface area is 130 Å². The Morgan fingerprint density at radius 3 is 2.65 bits per heavy atom. The molecule has 1 aromatic heterocycles. The fourth-order valence-corrected chi connectivity index (χ4v) is 2.21. The Morgan fingerprint density at radius 1 is 1.39 bits per heavy atom. The molecule has 1 heterocycles. The molecule has 0 spiro atoms. The summed E-state index contributed by atoms with van der Waals surface area (Å²) in [6.07, 6.45) is 0. The van der Waals surface area contributed by atoms with Gasteiger partial charge < -0.3 is 19.7 Å². The van der Waals surface area contributed by atoms with E-state index in [1.54, 1.807) is 0 Å². The van der Waals surface area contributed by atoms with Gasteiger partial charge in [0.2, 0.25) is 0 Å². The molecule has 0 aliphatic carbocycles. The second-order valence-corrected chi connectivity index (χ2v) is 4.97. The molecule has 0 fully saturated rings. The highest BCUT2D eigenvalue weighted by Crippen LogP contribution is 2.26. The largest absolute Gasteiger partial charge is 0.506 e. The number of carbonyl (C=O) groups excluding carboxylic acids is 2. The zero-order chi connectivity index (χ0) is 17.3. The number of amides is 1. The number of benzene rings is 1. The molecular weight excluding hydrogens is 307 g/mol. The first kappa shape index (κ1) is 16.5. The minimum atomic E-state index is -1.01. The molecule has 122 valence electrons. The average Bonchev–Trinajstić information content (AvgIpc) is 2.51. The highest BCUT2D eigenvalue weighted by molar-refractivity contribution is 6.03. The molecule has 2 rings (SSSR count). The van der Waals surface area contributed by atoms with Gasteiger partial charge in [0.25, 0.3) is 11.5 Å². The van der Waals surface area contributed by atoms with E-state index in [4.69, 9.17) is 0 Å². The summed E-state index contributed by atoms with van der Waals surface area (Å²) < 4.78 is 19.0. The lowest BCUT2D eigenvalue weighted by molar-refractivity contribution is -0.142. The molecule has 0 saturated carbocycles. The second kappa shape index (κ2) is 6.07. The molecule has 2 aromatic rings. The van der Waals surface area contributed by atoms with Crippen LogP contribution in [0.2, 0.25) is 0 Å². The van der Waals surface area contributed by atoms with Crippen LogP contribution in [0.3, 0.4) is 0 Å². The topological polar surface area (TPSA) is 97.6 Å². The first-order valence-corrected chi connectivity index (χ1v) is 6.67. The van der Waals surface area contributed by atoms with E-state index in [0.717, 1.165) is 23.8 Å². The summed E-state index contributed by atoms with van der Waals surface area (Å²) in [5, 5.41) is 12.5. The Hall–Kier alpha value is -2.90. The normalized spacial score (nSPS) is 12.0. The maximum absolute atomic E-state index is 13.4. The number of esters is 1. The number of hydrogen-bond acceptors (Lipinski definition) is 5. The number of nitrogens with zero attached hydrogens (tertiary/aromatic N) is 1. The first-order chi connectivity index (χ1) is 10.8. The maximum atomic E-state index is 13.4. The molecule has 0 aliphatic rings. The number of nitrogens with one attached hydrogen (secondary N) is 1. The van der Waals surface area contributed by atoms with Gasteiger partial charge in [0.1, 0.15) is 23.2 Å². The fraction of sp³-hybridized carbons (Fsp3) is 0.267. The molecule has 0 saturated heterocycles. The van der Waals surface area contributed by atoms with E-state index in [1.807, 2.05) is 0 Å². The van der Waals surface area contributed by atoms with Crippen LogP contribution in [-0.2, 0) is 16.6 Å². The Bertz CT molecular complexity index is 859. The van der Waals surface area contributed by atoms with E-state index in [9.17, 15) is 23.9 Å².